The van der Waals surface area contributed by atoms with Crippen molar-refractivity contribution in [1.29, 1.82) is 5.26 Å². The van der Waals surface area contributed by atoms with Crippen LogP contribution in [-0.2, 0) is 7.05 Å². The van der Waals surface area contributed by atoms with E-state index in [-0.39, 0.29) is 22.6 Å². The van der Waals surface area contributed by atoms with Gasteiger partial charge >= 0.3 is 0 Å². The Morgan fingerprint density at radius 3 is 2.64 bits per heavy atom. The van der Waals surface area contributed by atoms with E-state index in [9.17, 15) is 24.3 Å². The number of rotatable bonds is 6. The summed E-state index contributed by atoms with van der Waals surface area (Å²) in [6, 6.07) is 11.6. The molecule has 0 unspecified atom stereocenters. The molecule has 11 heteroatoms. The third-order valence-electron chi connectivity index (χ3n) is 5.83. The van der Waals surface area contributed by atoms with Gasteiger partial charge in [0.25, 0.3) is 11.5 Å². The zero-order chi connectivity index (χ0) is 26.0. The van der Waals surface area contributed by atoms with E-state index in [1.54, 1.807) is 31.2 Å². The van der Waals surface area contributed by atoms with Crippen LogP contribution in [0.5, 0.6) is 5.75 Å². The Bertz CT molecular complexity index is 1540. The van der Waals surface area contributed by atoms with Crippen LogP contribution in [0.4, 0.5) is 14.5 Å². The lowest BCUT2D eigenvalue weighted by atomic mass is 9.79. The molecule has 2 atom stereocenters. The van der Waals surface area contributed by atoms with Crippen molar-refractivity contribution in [3.8, 4) is 11.8 Å². The van der Waals surface area contributed by atoms with Gasteiger partial charge in [-0.15, -0.1) is 0 Å². The molecule has 0 bridgehead atoms. The van der Waals surface area contributed by atoms with E-state index in [2.05, 4.69) is 26.0 Å². The first-order valence-electron chi connectivity index (χ1n) is 10.7. The Labute approximate surface area is 203 Å². The van der Waals surface area contributed by atoms with Gasteiger partial charge in [0.15, 0.2) is 5.69 Å². The number of aromatic hydroxyl groups is 1. The van der Waals surface area contributed by atoms with Crippen molar-refractivity contribution in [2.45, 2.75) is 18.8 Å². The highest BCUT2D eigenvalue weighted by Gasteiger charge is 2.32. The van der Waals surface area contributed by atoms with E-state index < -0.39 is 46.4 Å². The van der Waals surface area contributed by atoms with Crippen LogP contribution < -0.4 is 10.9 Å². The number of anilines is 1. The number of benzene rings is 2. The van der Waals surface area contributed by atoms with Crippen molar-refractivity contribution < 1.29 is 23.2 Å². The fourth-order valence-electron chi connectivity index (χ4n) is 4.11. The highest BCUT2D eigenvalue weighted by atomic mass is 19.1. The summed E-state index contributed by atoms with van der Waals surface area (Å²) in [5.41, 5.74) is -0.583. The molecule has 182 valence electrons. The molecule has 0 fully saturated rings. The van der Waals surface area contributed by atoms with E-state index in [1.165, 1.54) is 19.3 Å². The fraction of sp³-hybridized carbons (Fsp3) is 0.160. The monoisotopic (exact) mass is 491 g/mol. The number of nitriles is 1. The Kier molecular flexibility index (Phi) is 6.60. The molecule has 0 saturated carbocycles. The minimum atomic E-state index is -0.908. The summed E-state index contributed by atoms with van der Waals surface area (Å²) in [5.74, 6) is -5.12. The third kappa shape index (κ3) is 4.44. The summed E-state index contributed by atoms with van der Waals surface area (Å²) < 4.78 is 34.4. The maximum atomic E-state index is 15.0. The van der Waals surface area contributed by atoms with Gasteiger partial charge in [0.2, 0.25) is 5.75 Å². The molecule has 0 spiro atoms. The second-order valence-corrected chi connectivity index (χ2v) is 8.03. The number of hydrogen-bond donors (Lipinski definition) is 2. The number of hydrogen-bond acceptors (Lipinski definition) is 7. The van der Waals surface area contributed by atoms with Gasteiger partial charge in [0, 0.05) is 24.9 Å². The first-order chi connectivity index (χ1) is 17.2. The van der Waals surface area contributed by atoms with Crippen molar-refractivity contribution in [3.63, 3.8) is 0 Å². The number of aromatic nitrogens is 3. The molecule has 36 heavy (non-hydrogen) atoms. The molecule has 2 N–H and O–H groups in total. The number of carbonyl (C=O) groups is 1. The molecule has 2 aromatic carbocycles. The van der Waals surface area contributed by atoms with Gasteiger partial charge in [0.05, 0.1) is 17.8 Å². The van der Waals surface area contributed by atoms with Crippen LogP contribution in [0.15, 0.2) is 64.2 Å². The quantitative estimate of drug-likeness (QED) is 0.419. The molecule has 1 amide bonds. The molecule has 4 aromatic rings. The highest BCUT2D eigenvalue weighted by Crippen LogP contribution is 2.40. The van der Waals surface area contributed by atoms with Crippen LogP contribution in [0.3, 0.4) is 0 Å². The van der Waals surface area contributed by atoms with Crippen LogP contribution >= 0.6 is 0 Å². The fourth-order valence-corrected chi connectivity index (χ4v) is 4.11. The Morgan fingerprint density at radius 1 is 1.22 bits per heavy atom. The second kappa shape index (κ2) is 9.79. The van der Waals surface area contributed by atoms with Gasteiger partial charge in [-0.1, -0.05) is 36.3 Å². The summed E-state index contributed by atoms with van der Waals surface area (Å²) in [5, 5.41) is 25.9. The topological polar surface area (TPSA) is 134 Å². The minimum absolute atomic E-state index is 0.0229. The van der Waals surface area contributed by atoms with Gasteiger partial charge < -0.3 is 14.9 Å². The van der Waals surface area contributed by atoms with Crippen molar-refractivity contribution in [3.05, 3.63) is 105 Å². The minimum Gasteiger partial charge on any atom is -0.501 e. The molecular weight excluding hydrogens is 472 g/mol. The van der Waals surface area contributed by atoms with Crippen LogP contribution in [-0.4, -0.2) is 25.7 Å². The van der Waals surface area contributed by atoms with E-state index in [1.807, 2.05) is 0 Å². The molecule has 0 aliphatic heterocycles. The predicted molar refractivity (Wildman–Crippen MR) is 123 cm³/mol. The molecule has 0 radical (unpaired) electrons. The normalized spacial score (nSPS) is 12.5. The van der Waals surface area contributed by atoms with Gasteiger partial charge in [-0.25, -0.2) is 13.8 Å². The zero-order valence-electron chi connectivity index (χ0n) is 19.1. The molecule has 0 aliphatic rings. The average molecular weight is 491 g/mol. The summed E-state index contributed by atoms with van der Waals surface area (Å²) >= 11 is 0. The van der Waals surface area contributed by atoms with Gasteiger partial charge in [-0.2, -0.15) is 5.26 Å². The zero-order valence-corrected chi connectivity index (χ0v) is 19.1. The van der Waals surface area contributed by atoms with E-state index >= 15 is 4.39 Å². The van der Waals surface area contributed by atoms with E-state index in [4.69, 9.17) is 0 Å². The van der Waals surface area contributed by atoms with E-state index in [0.717, 1.165) is 23.0 Å². The molecular formula is C25H19F2N5O4. The average Bonchev–Trinajstić information content (AvgIpc) is 3.37. The Hall–Kier alpha value is -4.85. The number of carbonyl (C=O) groups excluding carboxylic acids is 1. The number of halogens is 2. The molecule has 2 heterocycles. The number of nitrogens with zero attached hydrogens (tertiary/aromatic N) is 4. The largest absolute Gasteiger partial charge is 0.501 e. The SMILES string of the molecule is C[C@H](c1nc(C(=O)Nc2cnoc2)c(O)c(=O)n1C)[C@H](c1ccc(F)cc1F)c1ccccc1C#N. The maximum absolute atomic E-state index is 15.0. The summed E-state index contributed by atoms with van der Waals surface area (Å²) in [4.78, 5) is 29.9. The molecule has 4 rings (SSSR count). The van der Waals surface area contributed by atoms with E-state index in [0.29, 0.717) is 5.56 Å². The molecule has 2 aromatic heterocycles. The maximum Gasteiger partial charge on any atom is 0.296 e. The highest BCUT2D eigenvalue weighted by molar-refractivity contribution is 6.04. The molecule has 0 saturated heterocycles. The lowest BCUT2D eigenvalue weighted by Crippen LogP contribution is -2.29. The third-order valence-corrected chi connectivity index (χ3v) is 5.83. The van der Waals surface area contributed by atoms with Crippen LogP contribution in [0.25, 0.3) is 0 Å². The van der Waals surface area contributed by atoms with Crippen LogP contribution in [0.2, 0.25) is 0 Å². The van der Waals surface area contributed by atoms with Crippen molar-refractivity contribution in [1.82, 2.24) is 14.7 Å². The lowest BCUT2D eigenvalue weighted by Gasteiger charge is -2.27. The predicted octanol–water partition coefficient (Wildman–Crippen LogP) is 3.81. The smallest absolute Gasteiger partial charge is 0.296 e. The van der Waals surface area contributed by atoms with Gasteiger partial charge in [-0.3, -0.25) is 14.2 Å². The summed E-state index contributed by atoms with van der Waals surface area (Å²) in [6.07, 6.45) is 2.36. The Balaban J connectivity index is 1.90. The summed E-state index contributed by atoms with van der Waals surface area (Å²) in [7, 11) is 1.34. The van der Waals surface area contributed by atoms with Crippen molar-refractivity contribution >= 4 is 11.6 Å². The van der Waals surface area contributed by atoms with Crippen molar-refractivity contribution in [2.75, 3.05) is 5.32 Å². The standard InChI is InChI=1S/C25H19F2N5O4/c1-13(20(17-6-4-3-5-14(17)10-28)18-8-7-15(26)9-19(18)27)23-31-21(22(33)25(35)32(23)2)24(34)30-16-11-29-36-12-16/h3-9,11-13,20,33H,1-2H3,(H,30,34)/t13-,20-/m0/s1. The van der Waals surface area contributed by atoms with Crippen LogP contribution in [0.1, 0.15) is 51.8 Å². The van der Waals surface area contributed by atoms with Crippen molar-refractivity contribution in [2.24, 2.45) is 7.05 Å². The second-order valence-electron chi connectivity index (χ2n) is 8.03. The summed E-state index contributed by atoms with van der Waals surface area (Å²) in [6.45, 7) is 1.63. The van der Waals surface area contributed by atoms with Gasteiger partial charge in [-0.05, 0) is 23.3 Å². The first kappa shape index (κ1) is 24.3. The number of amides is 1. The first-order valence-corrected chi connectivity index (χ1v) is 10.7. The molecule has 0 aliphatic carbocycles. The molecule has 9 nitrogen and oxygen atoms in total. The lowest BCUT2D eigenvalue weighted by molar-refractivity contribution is 0.101. The van der Waals surface area contributed by atoms with Crippen LogP contribution in [0, 0.1) is 23.0 Å². The number of nitrogens with one attached hydrogen (secondary N) is 1. The van der Waals surface area contributed by atoms with Gasteiger partial charge in [0.1, 0.15) is 29.4 Å². The Morgan fingerprint density at radius 2 is 1.97 bits per heavy atom.